The Morgan fingerprint density at radius 2 is 2.09 bits per heavy atom. The molecule has 1 heterocycles. The first-order valence-corrected chi connectivity index (χ1v) is 7.93. The highest BCUT2D eigenvalue weighted by atomic mass is 19.1. The number of rotatable bonds is 2. The third-order valence-corrected chi connectivity index (χ3v) is 4.74. The summed E-state index contributed by atoms with van der Waals surface area (Å²) in [5, 5.41) is 3.02. The van der Waals surface area contributed by atoms with Crippen molar-refractivity contribution in [3.63, 3.8) is 0 Å². The summed E-state index contributed by atoms with van der Waals surface area (Å²) in [5.41, 5.74) is 1.58. The molecule has 1 aliphatic carbocycles. The van der Waals surface area contributed by atoms with Crippen molar-refractivity contribution in [2.24, 2.45) is 0 Å². The van der Waals surface area contributed by atoms with E-state index in [0.29, 0.717) is 24.9 Å². The Balaban J connectivity index is 1.73. The summed E-state index contributed by atoms with van der Waals surface area (Å²) in [6, 6.07) is 4.49. The molecule has 2 aliphatic rings. The molecule has 0 aromatic heterocycles. The van der Waals surface area contributed by atoms with E-state index in [1.54, 1.807) is 11.0 Å². The number of benzene rings is 1. The average Bonchev–Trinajstić information content (AvgIpc) is 2.92. The number of carbonyl (C=O) groups excluding carboxylic acids is 2. The van der Waals surface area contributed by atoms with Crippen LogP contribution in [0.3, 0.4) is 0 Å². The zero-order valence-corrected chi connectivity index (χ0v) is 12.8. The van der Waals surface area contributed by atoms with Crippen LogP contribution < -0.4 is 5.32 Å². The van der Waals surface area contributed by atoms with Crippen LogP contribution in [0.25, 0.3) is 0 Å². The van der Waals surface area contributed by atoms with Crippen molar-refractivity contribution in [1.82, 2.24) is 10.2 Å². The van der Waals surface area contributed by atoms with Gasteiger partial charge in [0.1, 0.15) is 11.9 Å². The van der Waals surface area contributed by atoms with Crippen LogP contribution in [0.4, 0.5) is 4.39 Å². The standard InChI is InChI=1S/C17H21FN2O2/c1-11(21)20-10-3-2-7-16(20)17(22)19-15-9-8-12-13(15)5-4-6-14(12)18/h4-6,15-16H,2-3,7-10H2,1H3,(H,19,22)/t15-,16-/m1/s1. The van der Waals surface area contributed by atoms with Crippen LogP contribution in [0.5, 0.6) is 0 Å². The molecule has 5 heteroatoms. The number of amides is 2. The molecule has 1 fully saturated rings. The fourth-order valence-corrected chi connectivity index (χ4v) is 3.61. The maximum Gasteiger partial charge on any atom is 0.243 e. The third kappa shape index (κ3) is 2.72. The molecular weight excluding hydrogens is 283 g/mol. The highest BCUT2D eigenvalue weighted by Crippen LogP contribution is 2.33. The molecule has 2 amide bonds. The Morgan fingerprint density at radius 3 is 2.86 bits per heavy atom. The summed E-state index contributed by atoms with van der Waals surface area (Å²) in [6.07, 6.45) is 3.97. The van der Waals surface area contributed by atoms with Gasteiger partial charge in [-0.25, -0.2) is 4.39 Å². The van der Waals surface area contributed by atoms with Crippen LogP contribution in [0.15, 0.2) is 18.2 Å². The van der Waals surface area contributed by atoms with E-state index >= 15 is 0 Å². The third-order valence-electron chi connectivity index (χ3n) is 4.74. The van der Waals surface area contributed by atoms with Gasteiger partial charge in [0.25, 0.3) is 0 Å². The number of hydrogen-bond donors (Lipinski definition) is 1. The maximum absolute atomic E-state index is 13.8. The van der Waals surface area contributed by atoms with Crippen LogP contribution in [0, 0.1) is 5.82 Å². The van der Waals surface area contributed by atoms with Crippen LogP contribution in [0.1, 0.15) is 49.8 Å². The predicted molar refractivity (Wildman–Crippen MR) is 80.6 cm³/mol. The van der Waals surface area contributed by atoms with Gasteiger partial charge in [-0.05, 0) is 49.3 Å². The lowest BCUT2D eigenvalue weighted by atomic mass is 10.0. The molecule has 1 N–H and O–H groups in total. The second-order valence-electron chi connectivity index (χ2n) is 6.13. The smallest absolute Gasteiger partial charge is 0.243 e. The number of hydrogen-bond acceptors (Lipinski definition) is 2. The van der Waals surface area contributed by atoms with Crippen molar-refractivity contribution in [2.45, 2.75) is 51.1 Å². The molecule has 0 saturated carbocycles. The minimum Gasteiger partial charge on any atom is -0.347 e. The topological polar surface area (TPSA) is 49.4 Å². The van der Waals surface area contributed by atoms with E-state index in [2.05, 4.69) is 5.32 Å². The summed E-state index contributed by atoms with van der Waals surface area (Å²) >= 11 is 0. The minimum atomic E-state index is -0.385. The van der Waals surface area contributed by atoms with E-state index in [1.807, 2.05) is 6.07 Å². The molecule has 3 rings (SSSR count). The lowest BCUT2D eigenvalue weighted by Crippen LogP contribution is -2.51. The molecule has 1 aliphatic heterocycles. The average molecular weight is 304 g/mol. The zero-order valence-electron chi connectivity index (χ0n) is 12.8. The largest absolute Gasteiger partial charge is 0.347 e. The molecule has 1 aromatic rings. The Bertz CT molecular complexity index is 602. The highest BCUT2D eigenvalue weighted by Gasteiger charge is 2.33. The first kappa shape index (κ1) is 15.0. The van der Waals surface area contributed by atoms with E-state index in [-0.39, 0.29) is 29.7 Å². The quantitative estimate of drug-likeness (QED) is 0.911. The molecule has 0 unspecified atom stereocenters. The highest BCUT2D eigenvalue weighted by molar-refractivity contribution is 5.87. The van der Waals surface area contributed by atoms with Crippen LogP contribution in [0.2, 0.25) is 0 Å². The summed E-state index contributed by atoms with van der Waals surface area (Å²) in [5.74, 6) is -0.369. The fraction of sp³-hybridized carbons (Fsp3) is 0.529. The molecule has 1 aromatic carbocycles. The second-order valence-corrected chi connectivity index (χ2v) is 6.13. The van der Waals surface area contributed by atoms with E-state index in [0.717, 1.165) is 24.8 Å². The number of nitrogens with one attached hydrogen (secondary N) is 1. The summed E-state index contributed by atoms with van der Waals surface area (Å²) in [6.45, 7) is 2.15. The van der Waals surface area contributed by atoms with Gasteiger partial charge in [-0.2, -0.15) is 0 Å². The minimum absolute atomic E-state index is 0.0577. The maximum atomic E-state index is 13.8. The normalized spacial score (nSPS) is 24.0. The second kappa shape index (κ2) is 6.07. The summed E-state index contributed by atoms with van der Waals surface area (Å²) in [7, 11) is 0. The molecule has 1 saturated heterocycles. The van der Waals surface area contributed by atoms with Crippen LogP contribution in [-0.4, -0.2) is 29.3 Å². The van der Waals surface area contributed by atoms with Gasteiger partial charge in [-0.1, -0.05) is 12.1 Å². The Hall–Kier alpha value is -1.91. The van der Waals surface area contributed by atoms with Crippen molar-refractivity contribution < 1.29 is 14.0 Å². The molecule has 4 nitrogen and oxygen atoms in total. The fourth-order valence-electron chi connectivity index (χ4n) is 3.61. The van der Waals surface area contributed by atoms with Crippen molar-refractivity contribution in [2.75, 3.05) is 6.54 Å². The van der Waals surface area contributed by atoms with Gasteiger partial charge in [0.05, 0.1) is 6.04 Å². The number of carbonyl (C=O) groups is 2. The van der Waals surface area contributed by atoms with Gasteiger partial charge in [0.15, 0.2) is 0 Å². The van der Waals surface area contributed by atoms with E-state index < -0.39 is 0 Å². The molecule has 0 bridgehead atoms. The van der Waals surface area contributed by atoms with Crippen LogP contribution >= 0.6 is 0 Å². The van der Waals surface area contributed by atoms with Crippen molar-refractivity contribution in [3.05, 3.63) is 35.1 Å². The first-order chi connectivity index (χ1) is 10.6. The van der Waals surface area contributed by atoms with E-state index in [9.17, 15) is 14.0 Å². The lowest BCUT2D eigenvalue weighted by molar-refractivity contribution is -0.141. The molecule has 0 radical (unpaired) electrons. The van der Waals surface area contributed by atoms with Gasteiger partial charge in [-0.15, -0.1) is 0 Å². The Kier molecular flexibility index (Phi) is 4.14. The zero-order chi connectivity index (χ0) is 15.7. The van der Waals surface area contributed by atoms with Gasteiger partial charge >= 0.3 is 0 Å². The monoisotopic (exact) mass is 304 g/mol. The predicted octanol–water partition coefficient (Wildman–Crippen LogP) is 2.33. The number of nitrogens with zero attached hydrogens (tertiary/aromatic N) is 1. The van der Waals surface area contributed by atoms with Crippen molar-refractivity contribution >= 4 is 11.8 Å². The number of likely N-dealkylation sites (tertiary alicyclic amines) is 1. The summed E-state index contributed by atoms with van der Waals surface area (Å²) < 4.78 is 13.8. The molecule has 118 valence electrons. The molecule has 22 heavy (non-hydrogen) atoms. The van der Waals surface area contributed by atoms with E-state index in [4.69, 9.17) is 0 Å². The number of fused-ring (bicyclic) bond motifs is 1. The molecular formula is C17H21FN2O2. The van der Waals surface area contributed by atoms with Crippen molar-refractivity contribution in [1.29, 1.82) is 0 Å². The number of piperidine rings is 1. The molecule has 2 atom stereocenters. The van der Waals surface area contributed by atoms with Gasteiger partial charge in [0, 0.05) is 13.5 Å². The SMILES string of the molecule is CC(=O)N1CCCC[C@@H]1C(=O)N[C@@H]1CCc2c(F)cccc21. The molecule has 0 spiro atoms. The van der Waals surface area contributed by atoms with Gasteiger partial charge < -0.3 is 10.2 Å². The summed E-state index contributed by atoms with van der Waals surface area (Å²) in [4.78, 5) is 25.9. The van der Waals surface area contributed by atoms with Gasteiger partial charge in [-0.3, -0.25) is 9.59 Å². The first-order valence-electron chi connectivity index (χ1n) is 7.93. The number of halogens is 1. The van der Waals surface area contributed by atoms with Crippen LogP contribution in [-0.2, 0) is 16.0 Å². The Labute approximate surface area is 129 Å². The van der Waals surface area contributed by atoms with Crippen molar-refractivity contribution in [3.8, 4) is 0 Å². The van der Waals surface area contributed by atoms with E-state index in [1.165, 1.54) is 13.0 Å². The van der Waals surface area contributed by atoms with Gasteiger partial charge in [0.2, 0.25) is 11.8 Å². The Morgan fingerprint density at radius 1 is 1.27 bits per heavy atom. The lowest BCUT2D eigenvalue weighted by Gasteiger charge is -2.34.